The summed E-state index contributed by atoms with van der Waals surface area (Å²) in [5.41, 5.74) is 0. The average Bonchev–Trinajstić information content (AvgIpc) is 2.00. The number of alkyl halides is 1. The van der Waals surface area contributed by atoms with Crippen LogP contribution in [0.15, 0.2) is 0 Å². The Labute approximate surface area is 79.6 Å². The number of rotatable bonds is 6. The first-order valence-electron chi connectivity index (χ1n) is 4.65. The fourth-order valence-electron chi connectivity index (χ4n) is 1.39. The van der Waals surface area contributed by atoms with Crippen molar-refractivity contribution in [2.45, 2.75) is 25.3 Å². The highest BCUT2D eigenvalue weighted by Gasteiger charge is 2.18. The van der Waals surface area contributed by atoms with Gasteiger partial charge in [0.1, 0.15) is 0 Å². The van der Waals surface area contributed by atoms with Gasteiger partial charge >= 0.3 is 0 Å². The third-order valence-corrected chi connectivity index (χ3v) is 2.85. The minimum Gasteiger partial charge on any atom is -0.383 e. The lowest BCUT2D eigenvalue weighted by Gasteiger charge is -2.27. The quantitative estimate of drug-likeness (QED) is 0.645. The van der Waals surface area contributed by atoms with Gasteiger partial charge in [-0.3, -0.25) is 0 Å². The second-order valence-electron chi connectivity index (χ2n) is 3.51. The van der Waals surface area contributed by atoms with E-state index in [4.69, 9.17) is 16.3 Å². The molecular weight excluding hydrogens is 174 g/mol. The monoisotopic (exact) mass is 191 g/mol. The molecule has 1 N–H and O–H groups in total. The van der Waals surface area contributed by atoms with Crippen molar-refractivity contribution in [3.63, 3.8) is 0 Å². The molecule has 12 heavy (non-hydrogen) atoms. The van der Waals surface area contributed by atoms with Gasteiger partial charge in [-0.15, -0.1) is 11.6 Å². The van der Waals surface area contributed by atoms with E-state index in [1.54, 1.807) is 7.11 Å². The lowest BCUT2D eigenvalue weighted by Crippen LogP contribution is -2.39. The predicted octanol–water partition coefficient (Wildman–Crippen LogP) is 1.63. The van der Waals surface area contributed by atoms with Gasteiger partial charge in [0.05, 0.1) is 6.61 Å². The summed E-state index contributed by atoms with van der Waals surface area (Å²) in [5.74, 6) is 1.54. The Morgan fingerprint density at radius 2 is 2.33 bits per heavy atom. The van der Waals surface area contributed by atoms with E-state index in [1.165, 1.54) is 19.3 Å². The Kier molecular flexibility index (Phi) is 4.96. The highest BCUT2D eigenvalue weighted by Crippen LogP contribution is 2.25. The first kappa shape index (κ1) is 10.3. The summed E-state index contributed by atoms with van der Waals surface area (Å²) in [6.45, 7) is 1.83. The number of methoxy groups -OCH3 is 1. The largest absolute Gasteiger partial charge is 0.383 e. The van der Waals surface area contributed by atoms with E-state index in [2.05, 4.69) is 5.32 Å². The molecule has 2 nitrogen and oxygen atoms in total. The van der Waals surface area contributed by atoms with Crippen molar-refractivity contribution in [2.24, 2.45) is 5.92 Å². The zero-order valence-corrected chi connectivity index (χ0v) is 8.44. The zero-order valence-electron chi connectivity index (χ0n) is 7.68. The van der Waals surface area contributed by atoms with E-state index < -0.39 is 0 Å². The first-order chi connectivity index (χ1) is 5.86. The van der Waals surface area contributed by atoms with Crippen molar-refractivity contribution in [1.82, 2.24) is 5.32 Å². The van der Waals surface area contributed by atoms with Crippen molar-refractivity contribution < 1.29 is 4.74 Å². The number of nitrogens with one attached hydrogen (secondary N) is 1. The van der Waals surface area contributed by atoms with E-state index in [1.807, 2.05) is 0 Å². The predicted molar refractivity (Wildman–Crippen MR) is 51.7 cm³/mol. The SMILES string of the molecule is COCC(CCl)NCC1CCC1. The number of halogens is 1. The van der Waals surface area contributed by atoms with E-state index in [9.17, 15) is 0 Å². The summed E-state index contributed by atoms with van der Waals surface area (Å²) in [6, 6.07) is 0.331. The maximum atomic E-state index is 5.75. The summed E-state index contributed by atoms with van der Waals surface area (Å²) in [4.78, 5) is 0. The molecular formula is C9H18ClNO. The fraction of sp³-hybridized carbons (Fsp3) is 1.00. The van der Waals surface area contributed by atoms with Crippen LogP contribution < -0.4 is 5.32 Å². The molecule has 3 heteroatoms. The molecule has 1 rings (SSSR count). The van der Waals surface area contributed by atoms with E-state index in [0.717, 1.165) is 19.1 Å². The van der Waals surface area contributed by atoms with Gasteiger partial charge in [-0.2, -0.15) is 0 Å². The standard InChI is InChI=1S/C9H18ClNO/c1-12-7-9(5-10)11-6-8-3-2-4-8/h8-9,11H,2-7H2,1H3. The van der Waals surface area contributed by atoms with Gasteiger partial charge in [0, 0.05) is 19.0 Å². The van der Waals surface area contributed by atoms with Crippen molar-refractivity contribution in [3.05, 3.63) is 0 Å². The average molecular weight is 192 g/mol. The van der Waals surface area contributed by atoms with Gasteiger partial charge < -0.3 is 10.1 Å². The van der Waals surface area contributed by atoms with Gasteiger partial charge in [0.25, 0.3) is 0 Å². The summed E-state index contributed by atoms with van der Waals surface area (Å²) < 4.78 is 5.03. The van der Waals surface area contributed by atoms with Crippen LogP contribution in [0, 0.1) is 5.92 Å². The van der Waals surface area contributed by atoms with Gasteiger partial charge in [-0.1, -0.05) is 6.42 Å². The van der Waals surface area contributed by atoms with E-state index in [-0.39, 0.29) is 0 Å². The van der Waals surface area contributed by atoms with Crippen molar-refractivity contribution in [2.75, 3.05) is 26.1 Å². The second kappa shape index (κ2) is 5.79. The molecule has 0 saturated heterocycles. The number of hydrogen-bond acceptors (Lipinski definition) is 2. The van der Waals surface area contributed by atoms with Crippen LogP contribution in [0.5, 0.6) is 0 Å². The molecule has 0 radical (unpaired) electrons. The van der Waals surface area contributed by atoms with E-state index >= 15 is 0 Å². The second-order valence-corrected chi connectivity index (χ2v) is 3.82. The molecule has 1 aliphatic rings. The van der Waals surface area contributed by atoms with Gasteiger partial charge in [0.2, 0.25) is 0 Å². The number of ether oxygens (including phenoxy) is 1. The molecule has 0 aromatic carbocycles. The molecule has 72 valence electrons. The lowest BCUT2D eigenvalue weighted by atomic mass is 9.85. The maximum Gasteiger partial charge on any atom is 0.0627 e. The topological polar surface area (TPSA) is 21.3 Å². The van der Waals surface area contributed by atoms with Crippen LogP contribution in [0.25, 0.3) is 0 Å². The summed E-state index contributed by atoms with van der Waals surface area (Å²) in [7, 11) is 1.71. The molecule has 0 aromatic heterocycles. The number of hydrogen-bond donors (Lipinski definition) is 1. The van der Waals surface area contributed by atoms with Gasteiger partial charge in [-0.25, -0.2) is 0 Å². The molecule has 1 atom stereocenters. The minimum atomic E-state index is 0.331. The van der Waals surface area contributed by atoms with Crippen molar-refractivity contribution in [3.8, 4) is 0 Å². The molecule has 1 aliphatic carbocycles. The molecule has 0 aliphatic heterocycles. The zero-order chi connectivity index (χ0) is 8.81. The third-order valence-electron chi connectivity index (χ3n) is 2.47. The summed E-state index contributed by atoms with van der Waals surface area (Å²) >= 11 is 5.75. The lowest BCUT2D eigenvalue weighted by molar-refractivity contribution is 0.166. The Bertz CT molecular complexity index is 117. The Morgan fingerprint density at radius 3 is 2.75 bits per heavy atom. The molecule has 0 amide bonds. The summed E-state index contributed by atoms with van der Waals surface area (Å²) in [6.07, 6.45) is 4.17. The van der Waals surface area contributed by atoms with Gasteiger partial charge in [0.15, 0.2) is 0 Å². The van der Waals surface area contributed by atoms with E-state index in [0.29, 0.717) is 11.9 Å². The van der Waals surface area contributed by atoms with Crippen LogP contribution in [-0.4, -0.2) is 32.2 Å². The van der Waals surface area contributed by atoms with Crippen LogP contribution in [0.2, 0.25) is 0 Å². The van der Waals surface area contributed by atoms with Crippen LogP contribution in [0.4, 0.5) is 0 Å². The third kappa shape index (κ3) is 3.30. The normalized spacial score (nSPS) is 20.5. The minimum absolute atomic E-state index is 0.331. The first-order valence-corrected chi connectivity index (χ1v) is 5.18. The van der Waals surface area contributed by atoms with Crippen molar-refractivity contribution >= 4 is 11.6 Å². The Balaban J connectivity index is 2.01. The Morgan fingerprint density at radius 1 is 1.58 bits per heavy atom. The van der Waals surface area contributed by atoms with Crippen LogP contribution >= 0.6 is 11.6 Å². The summed E-state index contributed by atoms with van der Waals surface area (Å²) in [5, 5.41) is 3.42. The van der Waals surface area contributed by atoms with Crippen molar-refractivity contribution in [1.29, 1.82) is 0 Å². The highest BCUT2D eigenvalue weighted by molar-refractivity contribution is 6.18. The van der Waals surface area contributed by atoms with Crippen LogP contribution in [0.1, 0.15) is 19.3 Å². The smallest absolute Gasteiger partial charge is 0.0627 e. The van der Waals surface area contributed by atoms with Crippen LogP contribution in [0.3, 0.4) is 0 Å². The fourth-order valence-corrected chi connectivity index (χ4v) is 1.59. The molecule has 0 heterocycles. The molecule has 0 spiro atoms. The molecule has 0 bridgehead atoms. The maximum absolute atomic E-state index is 5.75. The molecule has 1 unspecified atom stereocenters. The molecule has 1 saturated carbocycles. The molecule has 0 aromatic rings. The molecule has 1 fully saturated rings. The Hall–Kier alpha value is 0.210. The highest BCUT2D eigenvalue weighted by atomic mass is 35.5. The van der Waals surface area contributed by atoms with Crippen LogP contribution in [-0.2, 0) is 4.74 Å². The van der Waals surface area contributed by atoms with Gasteiger partial charge in [-0.05, 0) is 25.3 Å².